The summed E-state index contributed by atoms with van der Waals surface area (Å²) in [6.07, 6.45) is 0. The molecule has 0 aromatic carbocycles. The first-order chi connectivity index (χ1) is 8.35. The Morgan fingerprint density at radius 3 is 2.67 bits per heavy atom. The lowest BCUT2D eigenvalue weighted by Gasteiger charge is -2.25. The van der Waals surface area contributed by atoms with Crippen LogP contribution in [0.1, 0.15) is 30.4 Å². The number of hydrogen-bond donors (Lipinski definition) is 3. The molecule has 1 aromatic rings. The van der Waals surface area contributed by atoms with E-state index in [9.17, 15) is 9.59 Å². The van der Waals surface area contributed by atoms with E-state index in [2.05, 4.69) is 10.6 Å². The van der Waals surface area contributed by atoms with Gasteiger partial charge < -0.3 is 15.7 Å². The standard InChI is InChI=1S/C12H18N2O3S/c1-8(10(16)14-12(2,3)7-15)13-11(17)9-5-4-6-18-9/h4-6,8,15H,7H2,1-3H3,(H,13,17)(H,14,16). The molecule has 0 aliphatic rings. The maximum Gasteiger partial charge on any atom is 0.261 e. The lowest BCUT2D eigenvalue weighted by atomic mass is 10.1. The zero-order chi connectivity index (χ0) is 13.8. The second-order valence-corrected chi connectivity index (χ2v) is 5.65. The Balaban J connectivity index is 2.53. The second kappa shape index (κ2) is 5.97. The van der Waals surface area contributed by atoms with Crippen molar-refractivity contribution >= 4 is 23.2 Å². The first kappa shape index (κ1) is 14.7. The molecule has 0 spiro atoms. The molecule has 5 nitrogen and oxygen atoms in total. The van der Waals surface area contributed by atoms with E-state index >= 15 is 0 Å². The van der Waals surface area contributed by atoms with Gasteiger partial charge in [0.1, 0.15) is 6.04 Å². The smallest absolute Gasteiger partial charge is 0.261 e. The van der Waals surface area contributed by atoms with Crippen LogP contribution in [0.15, 0.2) is 17.5 Å². The molecule has 1 atom stereocenters. The van der Waals surface area contributed by atoms with E-state index in [-0.39, 0.29) is 18.4 Å². The van der Waals surface area contributed by atoms with E-state index in [0.29, 0.717) is 4.88 Å². The maximum absolute atomic E-state index is 11.8. The Kier molecular flexibility index (Phi) is 4.86. The average molecular weight is 270 g/mol. The quantitative estimate of drug-likeness (QED) is 0.739. The topological polar surface area (TPSA) is 78.4 Å². The first-order valence-corrected chi connectivity index (χ1v) is 6.51. The van der Waals surface area contributed by atoms with E-state index in [4.69, 9.17) is 5.11 Å². The molecule has 0 saturated heterocycles. The molecule has 0 radical (unpaired) electrons. The van der Waals surface area contributed by atoms with Crippen LogP contribution in [0.4, 0.5) is 0 Å². The van der Waals surface area contributed by atoms with Crippen LogP contribution in [0.2, 0.25) is 0 Å². The number of aliphatic hydroxyl groups excluding tert-OH is 1. The molecule has 1 unspecified atom stereocenters. The summed E-state index contributed by atoms with van der Waals surface area (Å²) in [5.41, 5.74) is -0.695. The van der Waals surface area contributed by atoms with Crippen molar-refractivity contribution < 1.29 is 14.7 Å². The highest BCUT2D eigenvalue weighted by Gasteiger charge is 2.24. The third-order valence-corrected chi connectivity index (χ3v) is 3.21. The Hall–Kier alpha value is -1.40. The van der Waals surface area contributed by atoms with Gasteiger partial charge in [-0.1, -0.05) is 6.07 Å². The number of thiophene rings is 1. The lowest BCUT2D eigenvalue weighted by molar-refractivity contribution is -0.124. The van der Waals surface area contributed by atoms with Crippen LogP contribution < -0.4 is 10.6 Å². The number of aliphatic hydroxyl groups is 1. The van der Waals surface area contributed by atoms with Crippen molar-refractivity contribution in [2.75, 3.05) is 6.61 Å². The summed E-state index contributed by atoms with van der Waals surface area (Å²) in [6, 6.07) is 2.83. The van der Waals surface area contributed by atoms with Crippen LogP contribution in [0, 0.1) is 0 Å². The zero-order valence-electron chi connectivity index (χ0n) is 10.7. The van der Waals surface area contributed by atoms with Crippen LogP contribution >= 0.6 is 11.3 Å². The second-order valence-electron chi connectivity index (χ2n) is 4.70. The summed E-state index contributed by atoms with van der Waals surface area (Å²) in [6.45, 7) is 4.86. The van der Waals surface area contributed by atoms with Gasteiger partial charge in [0, 0.05) is 0 Å². The van der Waals surface area contributed by atoms with Crippen molar-refractivity contribution in [2.24, 2.45) is 0 Å². The van der Waals surface area contributed by atoms with Crippen LogP contribution in [0.25, 0.3) is 0 Å². The summed E-state index contributed by atoms with van der Waals surface area (Å²) in [5, 5.41) is 16.1. The predicted molar refractivity (Wildman–Crippen MR) is 70.6 cm³/mol. The number of carbonyl (C=O) groups excluding carboxylic acids is 2. The van der Waals surface area contributed by atoms with Gasteiger partial charge >= 0.3 is 0 Å². The molecular formula is C12H18N2O3S. The van der Waals surface area contributed by atoms with E-state index in [1.165, 1.54) is 11.3 Å². The normalized spacial score (nSPS) is 12.9. The molecular weight excluding hydrogens is 252 g/mol. The molecule has 18 heavy (non-hydrogen) atoms. The van der Waals surface area contributed by atoms with Gasteiger partial charge in [-0.2, -0.15) is 0 Å². The van der Waals surface area contributed by atoms with Crippen molar-refractivity contribution in [1.82, 2.24) is 10.6 Å². The van der Waals surface area contributed by atoms with Crippen LogP contribution in [-0.4, -0.2) is 35.1 Å². The lowest BCUT2D eigenvalue weighted by Crippen LogP contribution is -2.53. The molecule has 1 rings (SSSR count). The maximum atomic E-state index is 11.8. The van der Waals surface area contributed by atoms with Crippen LogP contribution in [0.3, 0.4) is 0 Å². The molecule has 3 N–H and O–H groups in total. The number of amides is 2. The van der Waals surface area contributed by atoms with Crippen molar-refractivity contribution in [1.29, 1.82) is 0 Å². The third-order valence-electron chi connectivity index (χ3n) is 2.34. The third kappa shape index (κ3) is 4.12. The Morgan fingerprint density at radius 1 is 1.50 bits per heavy atom. The fourth-order valence-corrected chi connectivity index (χ4v) is 1.85. The number of hydrogen-bond acceptors (Lipinski definition) is 4. The fourth-order valence-electron chi connectivity index (χ4n) is 1.22. The van der Waals surface area contributed by atoms with Gasteiger partial charge in [0.15, 0.2) is 0 Å². The molecule has 1 heterocycles. The predicted octanol–water partition coefficient (Wildman–Crippen LogP) is 0.754. The minimum Gasteiger partial charge on any atom is -0.394 e. The highest BCUT2D eigenvalue weighted by molar-refractivity contribution is 7.12. The van der Waals surface area contributed by atoms with Crippen molar-refractivity contribution in [3.63, 3.8) is 0 Å². The fraction of sp³-hybridized carbons (Fsp3) is 0.500. The van der Waals surface area contributed by atoms with Gasteiger partial charge in [-0.3, -0.25) is 9.59 Å². The summed E-state index contributed by atoms with van der Waals surface area (Å²) < 4.78 is 0. The highest BCUT2D eigenvalue weighted by Crippen LogP contribution is 2.08. The summed E-state index contributed by atoms with van der Waals surface area (Å²) in [4.78, 5) is 24.1. The largest absolute Gasteiger partial charge is 0.394 e. The number of nitrogens with one attached hydrogen (secondary N) is 2. The summed E-state index contributed by atoms with van der Waals surface area (Å²) in [5.74, 6) is -0.589. The summed E-state index contributed by atoms with van der Waals surface area (Å²) >= 11 is 1.32. The molecule has 0 aliphatic heterocycles. The van der Waals surface area contributed by atoms with E-state index < -0.39 is 11.6 Å². The zero-order valence-corrected chi connectivity index (χ0v) is 11.5. The summed E-state index contributed by atoms with van der Waals surface area (Å²) in [7, 11) is 0. The van der Waals surface area contributed by atoms with E-state index in [1.807, 2.05) is 0 Å². The van der Waals surface area contributed by atoms with Crippen molar-refractivity contribution in [3.8, 4) is 0 Å². The van der Waals surface area contributed by atoms with E-state index in [1.54, 1.807) is 38.3 Å². The molecule has 100 valence electrons. The van der Waals surface area contributed by atoms with Crippen molar-refractivity contribution in [3.05, 3.63) is 22.4 Å². The van der Waals surface area contributed by atoms with Gasteiger partial charge in [0.2, 0.25) is 5.91 Å². The Labute approximate surface area is 110 Å². The van der Waals surface area contributed by atoms with Gasteiger partial charge in [0.25, 0.3) is 5.91 Å². The number of carbonyl (C=O) groups is 2. The first-order valence-electron chi connectivity index (χ1n) is 5.63. The highest BCUT2D eigenvalue weighted by atomic mass is 32.1. The minimum absolute atomic E-state index is 0.162. The van der Waals surface area contributed by atoms with Crippen LogP contribution in [-0.2, 0) is 4.79 Å². The van der Waals surface area contributed by atoms with E-state index in [0.717, 1.165) is 0 Å². The molecule has 0 bridgehead atoms. The van der Waals surface area contributed by atoms with Crippen LogP contribution in [0.5, 0.6) is 0 Å². The molecule has 0 fully saturated rings. The molecule has 0 aliphatic carbocycles. The monoisotopic (exact) mass is 270 g/mol. The molecule has 1 aromatic heterocycles. The van der Waals surface area contributed by atoms with Gasteiger partial charge in [-0.15, -0.1) is 11.3 Å². The Bertz CT molecular complexity index is 415. The average Bonchev–Trinajstić information content (AvgIpc) is 2.81. The SMILES string of the molecule is CC(NC(=O)c1cccs1)C(=O)NC(C)(C)CO. The molecule has 6 heteroatoms. The Morgan fingerprint density at radius 2 is 2.17 bits per heavy atom. The van der Waals surface area contributed by atoms with Gasteiger partial charge in [-0.05, 0) is 32.2 Å². The molecule has 0 saturated carbocycles. The minimum atomic E-state index is -0.695. The van der Waals surface area contributed by atoms with Crippen molar-refractivity contribution in [2.45, 2.75) is 32.4 Å². The van der Waals surface area contributed by atoms with Gasteiger partial charge in [0.05, 0.1) is 17.0 Å². The number of rotatable bonds is 5. The molecule has 2 amide bonds. The van der Waals surface area contributed by atoms with Gasteiger partial charge in [-0.25, -0.2) is 0 Å².